The largest absolute Gasteiger partial charge is 0.326 e. The van der Waals surface area contributed by atoms with Gasteiger partial charge in [-0.05, 0) is 44.2 Å². The fourth-order valence-electron chi connectivity index (χ4n) is 1.67. The fraction of sp³-hybridized carbons (Fsp3) is 0.462. The molecule has 0 saturated carbocycles. The van der Waals surface area contributed by atoms with E-state index in [0.717, 1.165) is 17.7 Å². The van der Waals surface area contributed by atoms with Crippen molar-refractivity contribution in [1.29, 1.82) is 0 Å². The molecule has 0 heterocycles. The first-order valence-electron chi connectivity index (χ1n) is 5.80. The second-order valence-electron chi connectivity index (χ2n) is 4.11. The third-order valence-corrected chi connectivity index (χ3v) is 3.00. The molecule has 2 N–H and O–H groups in total. The van der Waals surface area contributed by atoms with Crippen LogP contribution >= 0.6 is 11.6 Å². The second-order valence-corrected chi connectivity index (χ2v) is 4.55. The van der Waals surface area contributed by atoms with Crippen molar-refractivity contribution in [2.24, 2.45) is 5.92 Å². The summed E-state index contributed by atoms with van der Waals surface area (Å²) in [5, 5.41) is 6.65. The van der Waals surface area contributed by atoms with Gasteiger partial charge in [-0.1, -0.05) is 18.5 Å². The van der Waals surface area contributed by atoms with E-state index >= 15 is 0 Å². The van der Waals surface area contributed by atoms with Crippen LogP contribution in [0.3, 0.4) is 0 Å². The molecule has 3 nitrogen and oxygen atoms in total. The molecule has 0 saturated heterocycles. The Morgan fingerprint density at radius 2 is 2.18 bits per heavy atom. The molecule has 1 atom stereocenters. The minimum atomic E-state index is -0.00456. The third-order valence-electron chi connectivity index (χ3n) is 2.76. The van der Waals surface area contributed by atoms with Crippen LogP contribution in [0.2, 0.25) is 5.02 Å². The van der Waals surface area contributed by atoms with Gasteiger partial charge in [0.25, 0.3) is 0 Å². The van der Waals surface area contributed by atoms with Gasteiger partial charge in [-0.2, -0.15) is 0 Å². The molecular weight excluding hydrogens is 236 g/mol. The van der Waals surface area contributed by atoms with Gasteiger partial charge in [0.2, 0.25) is 5.91 Å². The van der Waals surface area contributed by atoms with Gasteiger partial charge in [-0.15, -0.1) is 0 Å². The van der Waals surface area contributed by atoms with Crippen LogP contribution in [-0.4, -0.2) is 19.5 Å². The summed E-state index contributed by atoms with van der Waals surface area (Å²) >= 11 is 5.87. The number of amides is 1. The quantitative estimate of drug-likeness (QED) is 0.848. The average molecular weight is 255 g/mol. The number of carbonyl (C=O) groups is 1. The van der Waals surface area contributed by atoms with E-state index in [1.807, 2.05) is 33.0 Å². The first-order chi connectivity index (χ1) is 8.08. The van der Waals surface area contributed by atoms with E-state index in [0.29, 0.717) is 11.6 Å². The number of aryl methyl sites for hydroxylation is 1. The van der Waals surface area contributed by atoms with Crippen molar-refractivity contribution in [3.8, 4) is 0 Å². The van der Waals surface area contributed by atoms with E-state index < -0.39 is 0 Å². The first-order valence-corrected chi connectivity index (χ1v) is 6.17. The van der Waals surface area contributed by atoms with E-state index in [1.54, 1.807) is 6.07 Å². The van der Waals surface area contributed by atoms with Crippen molar-refractivity contribution in [2.75, 3.05) is 18.9 Å². The summed E-state index contributed by atoms with van der Waals surface area (Å²) in [5.41, 5.74) is 1.80. The van der Waals surface area contributed by atoms with Gasteiger partial charge in [-0.25, -0.2) is 0 Å². The molecule has 0 aromatic heterocycles. The van der Waals surface area contributed by atoms with Crippen molar-refractivity contribution >= 4 is 23.2 Å². The minimum absolute atomic E-state index is 0.00456. The second kappa shape index (κ2) is 6.62. The van der Waals surface area contributed by atoms with Crippen LogP contribution in [0.1, 0.15) is 18.9 Å². The summed E-state index contributed by atoms with van der Waals surface area (Å²) in [6, 6.07) is 5.46. The summed E-state index contributed by atoms with van der Waals surface area (Å²) in [5.74, 6) is 0.0438. The zero-order chi connectivity index (χ0) is 12.8. The van der Waals surface area contributed by atoms with E-state index in [1.165, 1.54) is 0 Å². The van der Waals surface area contributed by atoms with Crippen molar-refractivity contribution in [1.82, 2.24) is 5.32 Å². The maximum absolute atomic E-state index is 12.0. The summed E-state index contributed by atoms with van der Waals surface area (Å²) < 4.78 is 0. The summed E-state index contributed by atoms with van der Waals surface area (Å²) in [7, 11) is 1.85. The number of anilines is 1. The highest BCUT2D eigenvalue weighted by Gasteiger charge is 2.16. The lowest BCUT2D eigenvalue weighted by atomic mass is 10.1. The number of rotatable bonds is 5. The number of nitrogens with one attached hydrogen (secondary N) is 2. The van der Waals surface area contributed by atoms with Crippen LogP contribution in [0, 0.1) is 12.8 Å². The Morgan fingerprint density at radius 1 is 1.47 bits per heavy atom. The van der Waals surface area contributed by atoms with Crippen LogP contribution in [0.25, 0.3) is 0 Å². The normalized spacial score (nSPS) is 12.2. The Hall–Kier alpha value is -1.06. The molecule has 0 bridgehead atoms. The number of halogens is 1. The molecule has 1 amide bonds. The Balaban J connectivity index is 2.73. The number of hydrogen-bond acceptors (Lipinski definition) is 2. The molecule has 0 fully saturated rings. The smallest absolute Gasteiger partial charge is 0.228 e. The van der Waals surface area contributed by atoms with E-state index in [4.69, 9.17) is 11.6 Å². The molecule has 1 aromatic carbocycles. The lowest BCUT2D eigenvalue weighted by molar-refractivity contribution is -0.119. The predicted molar refractivity (Wildman–Crippen MR) is 72.5 cm³/mol. The molecule has 0 aliphatic heterocycles. The molecular formula is C13H19ClN2O. The predicted octanol–water partition coefficient (Wildman–Crippen LogP) is 2.83. The van der Waals surface area contributed by atoms with Crippen molar-refractivity contribution < 1.29 is 4.79 Å². The Morgan fingerprint density at radius 3 is 2.71 bits per heavy atom. The molecule has 0 radical (unpaired) electrons. The lowest BCUT2D eigenvalue weighted by Crippen LogP contribution is -2.30. The molecule has 1 rings (SSSR count). The molecule has 94 valence electrons. The zero-order valence-electron chi connectivity index (χ0n) is 10.5. The van der Waals surface area contributed by atoms with E-state index in [-0.39, 0.29) is 11.8 Å². The number of hydrogen-bond donors (Lipinski definition) is 2. The molecule has 1 unspecified atom stereocenters. The fourth-order valence-corrected chi connectivity index (χ4v) is 1.90. The Kier molecular flexibility index (Phi) is 5.45. The van der Waals surface area contributed by atoms with Gasteiger partial charge in [0.1, 0.15) is 0 Å². The molecule has 0 aliphatic carbocycles. The highest BCUT2D eigenvalue weighted by Crippen LogP contribution is 2.20. The topological polar surface area (TPSA) is 41.1 Å². The van der Waals surface area contributed by atoms with E-state index in [2.05, 4.69) is 10.6 Å². The van der Waals surface area contributed by atoms with Gasteiger partial charge < -0.3 is 10.6 Å². The maximum atomic E-state index is 12.0. The van der Waals surface area contributed by atoms with Crippen LogP contribution in [0.15, 0.2) is 18.2 Å². The molecule has 0 spiro atoms. The van der Waals surface area contributed by atoms with Crippen LogP contribution in [-0.2, 0) is 4.79 Å². The lowest BCUT2D eigenvalue weighted by Gasteiger charge is -2.15. The number of benzene rings is 1. The highest BCUT2D eigenvalue weighted by atomic mass is 35.5. The molecule has 4 heteroatoms. The minimum Gasteiger partial charge on any atom is -0.326 e. The summed E-state index contributed by atoms with van der Waals surface area (Å²) in [4.78, 5) is 12.0. The summed E-state index contributed by atoms with van der Waals surface area (Å²) in [6.45, 7) is 4.63. The monoisotopic (exact) mass is 254 g/mol. The van der Waals surface area contributed by atoms with Crippen molar-refractivity contribution in [3.05, 3.63) is 28.8 Å². The molecule has 0 aliphatic rings. The Bertz CT molecular complexity index is 393. The highest BCUT2D eigenvalue weighted by molar-refractivity contribution is 6.30. The van der Waals surface area contributed by atoms with Crippen LogP contribution in [0.5, 0.6) is 0 Å². The van der Waals surface area contributed by atoms with Gasteiger partial charge >= 0.3 is 0 Å². The third kappa shape index (κ3) is 4.02. The first kappa shape index (κ1) is 14.0. The summed E-state index contributed by atoms with van der Waals surface area (Å²) in [6.07, 6.45) is 0.819. The molecule has 1 aromatic rings. The average Bonchev–Trinajstić information content (AvgIpc) is 2.29. The van der Waals surface area contributed by atoms with Crippen molar-refractivity contribution in [3.63, 3.8) is 0 Å². The van der Waals surface area contributed by atoms with Crippen LogP contribution < -0.4 is 10.6 Å². The van der Waals surface area contributed by atoms with Gasteiger partial charge in [0, 0.05) is 17.3 Å². The van der Waals surface area contributed by atoms with Gasteiger partial charge in [0.05, 0.1) is 5.92 Å². The SMILES string of the molecule is CCC(CNC)C(=O)Nc1ccc(Cl)cc1C. The van der Waals surface area contributed by atoms with Gasteiger partial charge in [0.15, 0.2) is 0 Å². The maximum Gasteiger partial charge on any atom is 0.228 e. The standard InChI is InChI=1S/C13H19ClN2O/c1-4-10(8-15-3)13(17)16-12-6-5-11(14)7-9(12)2/h5-7,10,15H,4,8H2,1-3H3,(H,16,17). The van der Waals surface area contributed by atoms with Crippen LogP contribution in [0.4, 0.5) is 5.69 Å². The zero-order valence-corrected chi connectivity index (χ0v) is 11.3. The molecule has 17 heavy (non-hydrogen) atoms. The Labute approximate surface area is 108 Å². The van der Waals surface area contributed by atoms with Crippen molar-refractivity contribution in [2.45, 2.75) is 20.3 Å². The van der Waals surface area contributed by atoms with E-state index in [9.17, 15) is 4.79 Å². The number of carbonyl (C=O) groups excluding carboxylic acids is 1. The van der Waals surface area contributed by atoms with Gasteiger partial charge in [-0.3, -0.25) is 4.79 Å².